The number of amides is 3. The fourth-order valence-corrected chi connectivity index (χ4v) is 8.30. The number of ether oxygens (including phenoxy) is 2. The summed E-state index contributed by atoms with van der Waals surface area (Å²) in [4.78, 5) is 57.5. The first-order chi connectivity index (χ1) is 26.7. The molecule has 0 aliphatic carbocycles. The van der Waals surface area contributed by atoms with Crippen molar-refractivity contribution in [1.29, 1.82) is 0 Å². The number of hydrogen-bond donors (Lipinski definition) is 3. The number of rotatable bonds is 14. The van der Waals surface area contributed by atoms with Crippen LogP contribution < -0.4 is 20.7 Å². The molecule has 0 saturated carbocycles. The van der Waals surface area contributed by atoms with Crippen molar-refractivity contribution in [2.24, 2.45) is 0 Å². The zero-order chi connectivity index (χ0) is 38.7. The fraction of sp³-hybridized carbons (Fsp3) is 0.209. The van der Waals surface area contributed by atoms with Crippen molar-refractivity contribution in [3.05, 3.63) is 148 Å². The van der Waals surface area contributed by atoms with E-state index in [0.717, 1.165) is 28.4 Å². The Balaban J connectivity index is 1.14. The fourth-order valence-electron chi connectivity index (χ4n) is 6.09. The normalized spacial score (nSPS) is 13.3. The lowest BCUT2D eigenvalue weighted by Gasteiger charge is -2.27. The Morgan fingerprint density at radius 1 is 0.909 bits per heavy atom. The van der Waals surface area contributed by atoms with E-state index in [0.29, 0.717) is 52.7 Å². The van der Waals surface area contributed by atoms with E-state index in [4.69, 9.17) is 9.47 Å². The largest absolute Gasteiger partial charge is 0.494 e. The first kappa shape index (κ1) is 39.0. The molecule has 0 fully saturated rings. The van der Waals surface area contributed by atoms with Crippen LogP contribution in [-0.4, -0.2) is 54.1 Å². The van der Waals surface area contributed by atoms with Gasteiger partial charge in [-0.05, 0) is 85.5 Å². The number of nitrogens with one attached hydrogen (secondary N) is 3. The SMILES string of the molecule is CCOc1ccc(/C=C(/NC(=O)c2ccccc2)C(=O)Nc2cccc(SC(C)C(=O)Nc3sc4c(c3C(=O)OC)CCN(Cc3ccccc3)C4)c2)cc1. The predicted molar refractivity (Wildman–Crippen MR) is 218 cm³/mol. The van der Waals surface area contributed by atoms with E-state index in [-0.39, 0.29) is 11.6 Å². The second kappa shape index (κ2) is 18.6. The number of anilines is 2. The summed E-state index contributed by atoms with van der Waals surface area (Å²) in [6, 6.07) is 33.2. The zero-order valence-corrected chi connectivity index (χ0v) is 32.4. The Kier molecular flexibility index (Phi) is 13.2. The third kappa shape index (κ3) is 10.3. The van der Waals surface area contributed by atoms with Crippen LogP contribution in [0.5, 0.6) is 5.75 Å². The summed E-state index contributed by atoms with van der Waals surface area (Å²) < 4.78 is 10.7. The van der Waals surface area contributed by atoms with E-state index < -0.39 is 23.0 Å². The average Bonchev–Trinajstić information content (AvgIpc) is 3.55. The van der Waals surface area contributed by atoms with Gasteiger partial charge in [-0.15, -0.1) is 23.1 Å². The molecular weight excluding hydrogens is 733 g/mol. The number of methoxy groups -OCH3 is 1. The van der Waals surface area contributed by atoms with Gasteiger partial charge in [0.25, 0.3) is 11.8 Å². The van der Waals surface area contributed by atoms with Gasteiger partial charge in [0, 0.05) is 40.7 Å². The minimum Gasteiger partial charge on any atom is -0.494 e. The summed E-state index contributed by atoms with van der Waals surface area (Å²) in [6.45, 7) is 6.46. The lowest BCUT2D eigenvalue weighted by molar-refractivity contribution is -0.115. The van der Waals surface area contributed by atoms with Gasteiger partial charge in [-0.25, -0.2) is 4.79 Å². The van der Waals surface area contributed by atoms with E-state index in [9.17, 15) is 19.2 Å². The van der Waals surface area contributed by atoms with Gasteiger partial charge >= 0.3 is 5.97 Å². The van der Waals surface area contributed by atoms with Gasteiger partial charge in [-0.3, -0.25) is 19.3 Å². The third-order valence-corrected chi connectivity index (χ3v) is 11.0. The molecule has 3 N–H and O–H groups in total. The maximum atomic E-state index is 13.7. The van der Waals surface area contributed by atoms with Gasteiger partial charge < -0.3 is 25.4 Å². The number of nitrogens with zero attached hydrogens (tertiary/aromatic N) is 1. The lowest BCUT2D eigenvalue weighted by Crippen LogP contribution is -2.30. The number of hydrogen-bond acceptors (Lipinski definition) is 9. The molecule has 0 spiro atoms. The van der Waals surface area contributed by atoms with Gasteiger partial charge in [0.1, 0.15) is 16.4 Å². The zero-order valence-electron chi connectivity index (χ0n) is 30.8. The molecule has 1 aromatic heterocycles. The van der Waals surface area contributed by atoms with Gasteiger partial charge in [0.2, 0.25) is 5.91 Å². The second-order valence-electron chi connectivity index (χ2n) is 12.8. The maximum Gasteiger partial charge on any atom is 0.341 e. The topological polar surface area (TPSA) is 126 Å². The molecule has 2 heterocycles. The van der Waals surface area contributed by atoms with Crippen LogP contribution in [0.1, 0.15) is 56.1 Å². The van der Waals surface area contributed by atoms with Gasteiger partial charge in [-0.1, -0.05) is 66.7 Å². The molecule has 4 aromatic carbocycles. The highest BCUT2D eigenvalue weighted by atomic mass is 32.2. The number of benzene rings is 4. The highest BCUT2D eigenvalue weighted by Crippen LogP contribution is 2.38. The molecule has 55 heavy (non-hydrogen) atoms. The molecule has 0 bridgehead atoms. The molecule has 1 aliphatic heterocycles. The van der Waals surface area contributed by atoms with Gasteiger partial charge in [0.15, 0.2) is 0 Å². The molecular formula is C43H42N4O6S2. The molecule has 6 rings (SSSR count). The molecule has 3 amide bonds. The molecule has 1 atom stereocenters. The highest BCUT2D eigenvalue weighted by Gasteiger charge is 2.30. The second-order valence-corrected chi connectivity index (χ2v) is 15.3. The Morgan fingerprint density at radius 2 is 1.64 bits per heavy atom. The first-order valence-electron chi connectivity index (χ1n) is 17.9. The number of esters is 1. The Labute approximate surface area is 328 Å². The van der Waals surface area contributed by atoms with E-state index in [1.54, 1.807) is 79.7 Å². The highest BCUT2D eigenvalue weighted by molar-refractivity contribution is 8.00. The van der Waals surface area contributed by atoms with Gasteiger partial charge in [-0.2, -0.15) is 0 Å². The summed E-state index contributed by atoms with van der Waals surface area (Å²) in [5.41, 5.74) is 4.19. The molecule has 10 nitrogen and oxygen atoms in total. The molecule has 1 aliphatic rings. The van der Waals surface area contributed by atoms with Crippen LogP contribution in [0.3, 0.4) is 0 Å². The summed E-state index contributed by atoms with van der Waals surface area (Å²) in [5.74, 6) is -0.994. The maximum absolute atomic E-state index is 13.7. The van der Waals surface area contributed by atoms with Crippen LogP contribution >= 0.6 is 23.1 Å². The smallest absolute Gasteiger partial charge is 0.341 e. The minimum atomic E-state index is -0.551. The molecule has 5 aromatic rings. The minimum absolute atomic E-state index is 0.0482. The summed E-state index contributed by atoms with van der Waals surface area (Å²) in [6.07, 6.45) is 2.28. The average molecular weight is 775 g/mol. The Morgan fingerprint density at radius 3 is 2.35 bits per heavy atom. The van der Waals surface area contributed by atoms with Crippen LogP contribution in [0.15, 0.2) is 120 Å². The molecule has 0 radical (unpaired) electrons. The third-order valence-electron chi connectivity index (χ3n) is 8.82. The number of carbonyl (C=O) groups excluding carboxylic acids is 4. The van der Waals surface area contributed by atoms with Crippen molar-refractivity contribution >= 4 is 63.6 Å². The molecule has 1 unspecified atom stereocenters. The number of thiophene rings is 1. The van der Waals surface area contributed by atoms with Crippen molar-refractivity contribution in [1.82, 2.24) is 10.2 Å². The van der Waals surface area contributed by atoms with E-state index >= 15 is 0 Å². The summed E-state index contributed by atoms with van der Waals surface area (Å²) >= 11 is 2.73. The molecule has 0 saturated heterocycles. The lowest BCUT2D eigenvalue weighted by atomic mass is 10.0. The van der Waals surface area contributed by atoms with Crippen LogP contribution in [-0.2, 0) is 33.8 Å². The van der Waals surface area contributed by atoms with Crippen molar-refractivity contribution in [3.63, 3.8) is 0 Å². The van der Waals surface area contributed by atoms with Crippen LogP contribution in [0, 0.1) is 0 Å². The number of fused-ring (bicyclic) bond motifs is 1. The van der Waals surface area contributed by atoms with Crippen LogP contribution in [0.2, 0.25) is 0 Å². The first-order valence-corrected chi connectivity index (χ1v) is 19.6. The van der Waals surface area contributed by atoms with Crippen LogP contribution in [0.25, 0.3) is 6.08 Å². The monoisotopic (exact) mass is 774 g/mol. The number of thioether (sulfide) groups is 1. The summed E-state index contributed by atoms with van der Waals surface area (Å²) in [5, 5.41) is 8.60. The molecule has 282 valence electrons. The summed E-state index contributed by atoms with van der Waals surface area (Å²) in [7, 11) is 1.35. The molecule has 12 heteroatoms. The van der Waals surface area contributed by atoms with Crippen LogP contribution in [0.4, 0.5) is 10.7 Å². The van der Waals surface area contributed by atoms with Crippen molar-refractivity contribution in [2.75, 3.05) is 30.9 Å². The van der Waals surface area contributed by atoms with Crippen molar-refractivity contribution in [3.8, 4) is 5.75 Å². The van der Waals surface area contributed by atoms with Crippen molar-refractivity contribution < 1.29 is 28.7 Å². The van der Waals surface area contributed by atoms with E-state index in [2.05, 4.69) is 33.0 Å². The van der Waals surface area contributed by atoms with E-state index in [1.165, 1.54) is 35.8 Å². The van der Waals surface area contributed by atoms with Gasteiger partial charge in [0.05, 0.1) is 24.5 Å². The van der Waals surface area contributed by atoms with E-state index in [1.807, 2.05) is 37.3 Å². The standard InChI is InChI=1S/C43H42N4O6S2/c1-4-53-33-20-18-29(19-21-33)24-36(45-40(49)31-14-9-6-10-15-31)41(50)44-32-16-11-17-34(25-32)54-28(2)39(48)46-42-38(43(51)52-3)35-22-23-47(27-37(35)55-42)26-30-12-7-5-8-13-30/h5-21,24-25,28H,4,22-23,26-27H2,1-3H3,(H,44,50)(H,45,49)(H,46,48)/b36-24+. The predicted octanol–water partition coefficient (Wildman–Crippen LogP) is 8.02. The number of carbonyl (C=O) groups is 4. The Bertz CT molecular complexity index is 2170. The quantitative estimate of drug-likeness (QED) is 0.0589. The Hall–Kier alpha value is -5.69. The van der Waals surface area contributed by atoms with Crippen molar-refractivity contribution in [2.45, 2.75) is 43.5 Å².